The van der Waals surface area contributed by atoms with Gasteiger partial charge in [0.25, 0.3) is 0 Å². The standard InChI is InChI=1S/C12H16N4O3/c1-7(11(18)16-12(19)14-2)15-9-5-3-4-8(6-9)10(13)17/h3-7,15H,1-2H3,(H2,13,17)(H2,14,16,18,19). The van der Waals surface area contributed by atoms with E-state index in [0.29, 0.717) is 11.3 Å². The van der Waals surface area contributed by atoms with Crippen LogP contribution < -0.4 is 21.7 Å². The number of carbonyl (C=O) groups is 3. The maximum atomic E-state index is 11.6. The molecular formula is C12H16N4O3. The van der Waals surface area contributed by atoms with Gasteiger partial charge in [-0.25, -0.2) is 4.79 Å². The van der Waals surface area contributed by atoms with Crippen LogP contribution in [-0.4, -0.2) is 30.9 Å². The molecule has 0 bridgehead atoms. The van der Waals surface area contributed by atoms with E-state index in [0.717, 1.165) is 0 Å². The lowest BCUT2D eigenvalue weighted by atomic mass is 10.2. The van der Waals surface area contributed by atoms with Gasteiger partial charge in [-0.15, -0.1) is 0 Å². The summed E-state index contributed by atoms with van der Waals surface area (Å²) in [4.78, 5) is 33.6. The number of hydrogen-bond donors (Lipinski definition) is 4. The number of nitrogens with two attached hydrogens (primary N) is 1. The first-order valence-electron chi connectivity index (χ1n) is 5.63. The summed E-state index contributed by atoms with van der Waals surface area (Å²) < 4.78 is 0. The molecule has 0 saturated carbocycles. The third kappa shape index (κ3) is 4.30. The molecule has 0 fully saturated rings. The average Bonchev–Trinajstić information content (AvgIpc) is 2.38. The maximum Gasteiger partial charge on any atom is 0.321 e. The summed E-state index contributed by atoms with van der Waals surface area (Å²) in [6, 6.07) is 5.22. The molecule has 7 heteroatoms. The first-order valence-corrected chi connectivity index (χ1v) is 5.63. The highest BCUT2D eigenvalue weighted by molar-refractivity contribution is 5.98. The van der Waals surface area contributed by atoms with Gasteiger partial charge in [-0.3, -0.25) is 14.9 Å². The number of primary amides is 1. The molecule has 1 aromatic rings. The second kappa shape index (κ2) is 6.39. The van der Waals surface area contributed by atoms with E-state index in [9.17, 15) is 14.4 Å². The highest BCUT2D eigenvalue weighted by Crippen LogP contribution is 2.11. The highest BCUT2D eigenvalue weighted by Gasteiger charge is 2.15. The Balaban J connectivity index is 2.68. The van der Waals surface area contributed by atoms with Crippen molar-refractivity contribution < 1.29 is 14.4 Å². The predicted octanol–water partition coefficient (Wildman–Crippen LogP) is 0.0415. The molecule has 5 N–H and O–H groups in total. The zero-order chi connectivity index (χ0) is 14.4. The number of anilines is 1. The van der Waals surface area contributed by atoms with E-state index >= 15 is 0 Å². The largest absolute Gasteiger partial charge is 0.374 e. The lowest BCUT2D eigenvalue weighted by Gasteiger charge is -2.14. The smallest absolute Gasteiger partial charge is 0.321 e. The van der Waals surface area contributed by atoms with Crippen LogP contribution in [0.15, 0.2) is 24.3 Å². The molecule has 1 atom stereocenters. The van der Waals surface area contributed by atoms with Crippen LogP contribution in [0.25, 0.3) is 0 Å². The van der Waals surface area contributed by atoms with Gasteiger partial charge in [0.1, 0.15) is 6.04 Å². The normalized spacial score (nSPS) is 11.3. The van der Waals surface area contributed by atoms with E-state index in [1.54, 1.807) is 25.1 Å². The van der Waals surface area contributed by atoms with Gasteiger partial charge in [-0.05, 0) is 25.1 Å². The Morgan fingerprint density at radius 2 is 1.95 bits per heavy atom. The summed E-state index contributed by atoms with van der Waals surface area (Å²) in [6.45, 7) is 1.59. The van der Waals surface area contributed by atoms with Crippen molar-refractivity contribution in [1.29, 1.82) is 0 Å². The molecule has 0 heterocycles. The summed E-state index contributed by atoms with van der Waals surface area (Å²) in [6.07, 6.45) is 0. The van der Waals surface area contributed by atoms with Crippen LogP contribution >= 0.6 is 0 Å². The van der Waals surface area contributed by atoms with Crippen LogP contribution in [0.3, 0.4) is 0 Å². The summed E-state index contributed by atoms with van der Waals surface area (Å²) in [7, 11) is 1.41. The molecule has 1 unspecified atom stereocenters. The van der Waals surface area contributed by atoms with Gasteiger partial charge in [-0.1, -0.05) is 6.07 Å². The first-order chi connectivity index (χ1) is 8.93. The third-order valence-corrected chi connectivity index (χ3v) is 2.39. The quantitative estimate of drug-likeness (QED) is 0.615. The predicted molar refractivity (Wildman–Crippen MR) is 70.6 cm³/mol. The summed E-state index contributed by atoms with van der Waals surface area (Å²) in [5, 5.41) is 7.29. The monoisotopic (exact) mass is 264 g/mol. The van der Waals surface area contributed by atoms with Crippen molar-refractivity contribution in [2.24, 2.45) is 5.73 Å². The Labute approximate surface area is 110 Å². The Kier molecular flexibility index (Phi) is 4.87. The topological polar surface area (TPSA) is 113 Å². The molecule has 1 rings (SSSR count). The van der Waals surface area contributed by atoms with Crippen LogP contribution in [-0.2, 0) is 4.79 Å². The van der Waals surface area contributed by atoms with Gasteiger partial charge in [0, 0.05) is 18.3 Å². The second-order valence-corrected chi connectivity index (χ2v) is 3.88. The van der Waals surface area contributed by atoms with Crippen molar-refractivity contribution >= 4 is 23.5 Å². The molecule has 102 valence electrons. The molecule has 0 saturated heterocycles. The van der Waals surface area contributed by atoms with Gasteiger partial charge < -0.3 is 16.4 Å². The van der Waals surface area contributed by atoms with Gasteiger partial charge in [0.15, 0.2) is 0 Å². The van der Waals surface area contributed by atoms with Crippen molar-refractivity contribution in [1.82, 2.24) is 10.6 Å². The molecule has 0 spiro atoms. The number of rotatable bonds is 4. The Morgan fingerprint density at radius 3 is 2.53 bits per heavy atom. The minimum atomic E-state index is -0.638. The number of carbonyl (C=O) groups excluding carboxylic acids is 3. The first kappa shape index (κ1) is 14.5. The van der Waals surface area contributed by atoms with E-state index in [2.05, 4.69) is 16.0 Å². The molecule has 0 aliphatic carbocycles. The summed E-state index contributed by atoms with van der Waals surface area (Å²) >= 11 is 0. The molecular weight excluding hydrogens is 248 g/mol. The average molecular weight is 264 g/mol. The molecule has 0 aromatic heterocycles. The highest BCUT2D eigenvalue weighted by atomic mass is 16.2. The number of benzene rings is 1. The third-order valence-electron chi connectivity index (χ3n) is 2.39. The van der Waals surface area contributed by atoms with Crippen LogP contribution in [0.1, 0.15) is 17.3 Å². The van der Waals surface area contributed by atoms with Crippen molar-refractivity contribution in [3.05, 3.63) is 29.8 Å². The Bertz CT molecular complexity index is 502. The zero-order valence-electron chi connectivity index (χ0n) is 10.7. The van der Waals surface area contributed by atoms with Gasteiger partial charge in [0.2, 0.25) is 11.8 Å². The minimum Gasteiger partial charge on any atom is -0.374 e. The number of urea groups is 1. The van der Waals surface area contributed by atoms with E-state index in [1.807, 2.05) is 0 Å². The van der Waals surface area contributed by atoms with Crippen molar-refractivity contribution in [3.8, 4) is 0 Å². The van der Waals surface area contributed by atoms with E-state index in [1.165, 1.54) is 13.1 Å². The SMILES string of the molecule is CNC(=O)NC(=O)C(C)Nc1cccc(C(N)=O)c1. The fraction of sp³-hybridized carbons (Fsp3) is 0.250. The maximum absolute atomic E-state index is 11.6. The van der Waals surface area contributed by atoms with Gasteiger partial charge in [0.05, 0.1) is 0 Å². The molecule has 4 amide bonds. The van der Waals surface area contributed by atoms with Gasteiger partial charge >= 0.3 is 6.03 Å². The molecule has 0 radical (unpaired) electrons. The fourth-order valence-corrected chi connectivity index (χ4v) is 1.36. The lowest BCUT2D eigenvalue weighted by molar-refractivity contribution is -0.120. The number of imide groups is 1. The second-order valence-electron chi connectivity index (χ2n) is 3.88. The van der Waals surface area contributed by atoms with Gasteiger partial charge in [-0.2, -0.15) is 0 Å². The fourth-order valence-electron chi connectivity index (χ4n) is 1.36. The lowest BCUT2D eigenvalue weighted by Crippen LogP contribution is -2.44. The summed E-state index contributed by atoms with van der Waals surface area (Å²) in [5.74, 6) is -1.03. The van der Waals surface area contributed by atoms with E-state index in [-0.39, 0.29) is 0 Å². The zero-order valence-corrected chi connectivity index (χ0v) is 10.7. The van der Waals surface area contributed by atoms with Crippen LogP contribution in [0.2, 0.25) is 0 Å². The van der Waals surface area contributed by atoms with E-state index in [4.69, 9.17) is 5.73 Å². The Hall–Kier alpha value is -2.57. The number of amides is 4. The molecule has 1 aromatic carbocycles. The van der Waals surface area contributed by atoms with Crippen LogP contribution in [0.5, 0.6) is 0 Å². The van der Waals surface area contributed by atoms with Crippen molar-refractivity contribution in [2.75, 3.05) is 12.4 Å². The van der Waals surface area contributed by atoms with Crippen LogP contribution in [0, 0.1) is 0 Å². The summed E-state index contributed by atoms with van der Waals surface area (Å²) in [5.41, 5.74) is 6.06. The molecule has 19 heavy (non-hydrogen) atoms. The van der Waals surface area contributed by atoms with Crippen LogP contribution in [0.4, 0.5) is 10.5 Å². The number of hydrogen-bond acceptors (Lipinski definition) is 4. The molecule has 0 aliphatic heterocycles. The van der Waals surface area contributed by atoms with Crippen molar-refractivity contribution in [3.63, 3.8) is 0 Å². The Morgan fingerprint density at radius 1 is 1.26 bits per heavy atom. The van der Waals surface area contributed by atoms with E-state index < -0.39 is 23.9 Å². The van der Waals surface area contributed by atoms with Crippen molar-refractivity contribution in [2.45, 2.75) is 13.0 Å². The number of nitrogens with one attached hydrogen (secondary N) is 3. The molecule has 7 nitrogen and oxygen atoms in total. The molecule has 0 aliphatic rings. The minimum absolute atomic E-state index is 0.337.